The molecule has 2 aromatic carbocycles. The van der Waals surface area contributed by atoms with E-state index in [4.69, 9.17) is 14.2 Å². The molecule has 0 saturated heterocycles. The van der Waals surface area contributed by atoms with Gasteiger partial charge >= 0.3 is 5.97 Å². The third-order valence-corrected chi connectivity index (χ3v) is 5.29. The summed E-state index contributed by atoms with van der Waals surface area (Å²) in [4.78, 5) is 25.0. The number of amides is 1. The number of ether oxygens (including phenoxy) is 3. The normalized spacial score (nSPS) is 14.3. The van der Waals surface area contributed by atoms with Gasteiger partial charge in [-0.15, -0.1) is 0 Å². The Morgan fingerprint density at radius 1 is 1.12 bits per heavy atom. The van der Waals surface area contributed by atoms with Crippen molar-refractivity contribution >= 4 is 23.4 Å². The summed E-state index contributed by atoms with van der Waals surface area (Å²) in [5.41, 5.74) is 1.32. The number of carbonyl (C=O) groups excluding carboxylic acids is 1. The summed E-state index contributed by atoms with van der Waals surface area (Å²) in [5.74, 6) is 0.225. The second-order valence-corrected chi connectivity index (χ2v) is 7.30. The van der Waals surface area contributed by atoms with Gasteiger partial charge in [0.25, 0.3) is 5.91 Å². The van der Waals surface area contributed by atoms with E-state index in [9.17, 15) is 14.7 Å². The van der Waals surface area contributed by atoms with Crippen LogP contribution in [-0.4, -0.2) is 47.6 Å². The van der Waals surface area contributed by atoms with Crippen molar-refractivity contribution in [3.63, 3.8) is 0 Å². The molecule has 4 rings (SSSR count). The van der Waals surface area contributed by atoms with E-state index in [-0.39, 0.29) is 17.1 Å². The Balaban J connectivity index is 1.71. The second kappa shape index (κ2) is 9.57. The number of anilines is 2. The van der Waals surface area contributed by atoms with Crippen molar-refractivity contribution in [1.82, 2.24) is 9.78 Å². The molecule has 1 aromatic heterocycles. The molecular formula is C24H24N4O6. The average Bonchev–Trinajstić information content (AvgIpc) is 3.28. The van der Waals surface area contributed by atoms with Crippen LogP contribution in [0.4, 0.5) is 11.5 Å². The number of hydrogen-bond donors (Lipinski definition) is 3. The molecule has 0 saturated carbocycles. The molecule has 1 amide bonds. The molecule has 3 aromatic rings. The Hall–Kier alpha value is -4.47. The summed E-state index contributed by atoms with van der Waals surface area (Å²) in [7, 11) is 3.02. The van der Waals surface area contributed by atoms with Crippen LogP contribution in [0.1, 0.15) is 28.9 Å². The summed E-state index contributed by atoms with van der Waals surface area (Å²) >= 11 is 0. The fourth-order valence-electron chi connectivity index (χ4n) is 3.73. The van der Waals surface area contributed by atoms with E-state index in [1.54, 1.807) is 22.9 Å². The highest BCUT2D eigenvalue weighted by atomic mass is 16.5. The molecule has 0 bridgehead atoms. The van der Waals surface area contributed by atoms with Crippen LogP contribution < -0.4 is 24.8 Å². The lowest BCUT2D eigenvalue weighted by molar-refractivity contribution is -0.132. The second-order valence-electron chi connectivity index (χ2n) is 7.30. The van der Waals surface area contributed by atoms with Crippen LogP contribution in [0.15, 0.2) is 60.4 Å². The predicted molar refractivity (Wildman–Crippen MR) is 125 cm³/mol. The first-order valence-corrected chi connectivity index (χ1v) is 10.5. The molecule has 176 valence electrons. The highest BCUT2D eigenvalue weighted by Gasteiger charge is 2.31. The lowest BCUT2D eigenvalue weighted by Gasteiger charge is -2.25. The summed E-state index contributed by atoms with van der Waals surface area (Å²) < 4.78 is 17.8. The van der Waals surface area contributed by atoms with Gasteiger partial charge in [0.15, 0.2) is 11.5 Å². The SMILES string of the molecule is CCOc1ccccc1[C@@H]1C=C(C(=O)O)Nc2c(C(=O)Nc3ccc(OC)c(OC)c3)cnn21. The lowest BCUT2D eigenvalue weighted by Crippen LogP contribution is -2.26. The standard InChI is InChI=1S/C24H24N4O6/c1-4-34-19-8-6-5-7-15(19)18-12-17(24(30)31)27-22-16(13-25-28(18)22)23(29)26-14-9-10-20(32-2)21(11-14)33-3/h5-13,18,27H,4H2,1-3H3,(H,26,29)(H,30,31)/t18-/m0/s1. The minimum atomic E-state index is -1.16. The Morgan fingerprint density at radius 2 is 1.88 bits per heavy atom. The maximum absolute atomic E-state index is 13.1. The topological polar surface area (TPSA) is 124 Å². The summed E-state index contributed by atoms with van der Waals surface area (Å²) in [6.45, 7) is 2.32. The largest absolute Gasteiger partial charge is 0.494 e. The molecular weight excluding hydrogens is 440 g/mol. The van der Waals surface area contributed by atoms with Crippen molar-refractivity contribution in [3.05, 3.63) is 71.6 Å². The van der Waals surface area contributed by atoms with E-state index in [1.165, 1.54) is 26.5 Å². The smallest absolute Gasteiger partial charge is 0.352 e. The maximum atomic E-state index is 13.1. The number of carboxylic acid groups (broad SMARTS) is 1. The number of benzene rings is 2. The summed E-state index contributed by atoms with van der Waals surface area (Å²) in [6, 6.07) is 11.7. The first-order valence-electron chi connectivity index (χ1n) is 10.5. The monoisotopic (exact) mass is 464 g/mol. The molecule has 0 unspecified atom stereocenters. The van der Waals surface area contributed by atoms with Crippen molar-refractivity contribution in [2.75, 3.05) is 31.5 Å². The fourth-order valence-corrected chi connectivity index (χ4v) is 3.73. The minimum absolute atomic E-state index is 0.0653. The van der Waals surface area contributed by atoms with Crippen LogP contribution in [0.2, 0.25) is 0 Å². The Morgan fingerprint density at radius 3 is 2.59 bits per heavy atom. The third kappa shape index (κ3) is 4.25. The van der Waals surface area contributed by atoms with Gasteiger partial charge in [0.1, 0.15) is 28.9 Å². The zero-order valence-electron chi connectivity index (χ0n) is 18.9. The number of carbonyl (C=O) groups is 2. The van der Waals surface area contributed by atoms with Crippen LogP contribution in [0.3, 0.4) is 0 Å². The number of hydrogen-bond acceptors (Lipinski definition) is 7. The van der Waals surface area contributed by atoms with Crippen molar-refractivity contribution in [3.8, 4) is 17.2 Å². The molecule has 0 spiro atoms. The van der Waals surface area contributed by atoms with Crippen molar-refractivity contribution in [2.45, 2.75) is 13.0 Å². The van der Waals surface area contributed by atoms with Gasteiger partial charge < -0.3 is 30.0 Å². The van der Waals surface area contributed by atoms with Crippen LogP contribution in [0, 0.1) is 0 Å². The zero-order chi connectivity index (χ0) is 24.2. The number of methoxy groups -OCH3 is 2. The third-order valence-electron chi connectivity index (χ3n) is 5.29. The lowest BCUT2D eigenvalue weighted by atomic mass is 10.0. The number of allylic oxidation sites excluding steroid dienone is 1. The average molecular weight is 464 g/mol. The molecule has 10 nitrogen and oxygen atoms in total. The molecule has 1 atom stereocenters. The number of para-hydroxylation sites is 1. The fraction of sp³-hybridized carbons (Fsp3) is 0.208. The molecule has 0 radical (unpaired) electrons. The first-order chi connectivity index (χ1) is 16.5. The Kier molecular flexibility index (Phi) is 6.39. The van der Waals surface area contributed by atoms with Crippen molar-refractivity contribution in [1.29, 1.82) is 0 Å². The highest BCUT2D eigenvalue weighted by molar-refractivity contribution is 6.08. The van der Waals surface area contributed by atoms with Gasteiger partial charge in [-0.2, -0.15) is 5.10 Å². The van der Waals surface area contributed by atoms with Gasteiger partial charge in [0.05, 0.1) is 27.0 Å². The Labute approximate surface area is 195 Å². The molecule has 1 aliphatic heterocycles. The van der Waals surface area contributed by atoms with E-state index < -0.39 is 17.9 Å². The zero-order valence-corrected chi connectivity index (χ0v) is 18.9. The van der Waals surface area contributed by atoms with E-state index >= 15 is 0 Å². The van der Waals surface area contributed by atoms with Gasteiger partial charge in [-0.1, -0.05) is 18.2 Å². The van der Waals surface area contributed by atoms with E-state index in [1.807, 2.05) is 31.2 Å². The number of nitrogens with one attached hydrogen (secondary N) is 2. The van der Waals surface area contributed by atoms with Crippen molar-refractivity contribution in [2.24, 2.45) is 0 Å². The predicted octanol–water partition coefficient (Wildman–Crippen LogP) is 3.53. The quantitative estimate of drug-likeness (QED) is 0.463. The van der Waals surface area contributed by atoms with E-state index in [2.05, 4.69) is 15.7 Å². The van der Waals surface area contributed by atoms with Gasteiger partial charge in [0, 0.05) is 17.3 Å². The number of rotatable bonds is 8. The van der Waals surface area contributed by atoms with Crippen LogP contribution in [0.5, 0.6) is 17.2 Å². The molecule has 10 heteroatoms. The van der Waals surface area contributed by atoms with Crippen LogP contribution in [-0.2, 0) is 4.79 Å². The highest BCUT2D eigenvalue weighted by Crippen LogP contribution is 2.36. The number of aliphatic carboxylic acids is 1. The van der Waals surface area contributed by atoms with Gasteiger partial charge in [-0.3, -0.25) is 4.79 Å². The maximum Gasteiger partial charge on any atom is 0.352 e. The molecule has 0 fully saturated rings. The van der Waals surface area contributed by atoms with Crippen LogP contribution >= 0.6 is 0 Å². The number of aromatic nitrogens is 2. The van der Waals surface area contributed by atoms with Gasteiger partial charge in [-0.25, -0.2) is 9.48 Å². The van der Waals surface area contributed by atoms with Gasteiger partial charge in [-0.05, 0) is 31.2 Å². The molecule has 2 heterocycles. The number of nitrogens with zero attached hydrogens (tertiary/aromatic N) is 2. The summed E-state index contributed by atoms with van der Waals surface area (Å²) in [6.07, 6.45) is 2.93. The van der Waals surface area contributed by atoms with Gasteiger partial charge in [0.2, 0.25) is 0 Å². The van der Waals surface area contributed by atoms with Crippen molar-refractivity contribution < 1.29 is 28.9 Å². The summed E-state index contributed by atoms with van der Waals surface area (Å²) in [5, 5.41) is 19.7. The minimum Gasteiger partial charge on any atom is -0.494 e. The number of fused-ring (bicyclic) bond motifs is 1. The Bertz CT molecular complexity index is 1270. The number of carboxylic acids is 1. The molecule has 34 heavy (non-hydrogen) atoms. The molecule has 0 aliphatic carbocycles. The molecule has 3 N–H and O–H groups in total. The van der Waals surface area contributed by atoms with E-state index in [0.29, 0.717) is 29.5 Å². The molecule has 1 aliphatic rings. The first kappa shape index (κ1) is 22.7. The van der Waals surface area contributed by atoms with Crippen LogP contribution in [0.25, 0.3) is 0 Å². The van der Waals surface area contributed by atoms with E-state index in [0.717, 1.165) is 5.56 Å².